The van der Waals surface area contributed by atoms with E-state index in [1.54, 1.807) is 6.08 Å². The number of nitrogens with zero attached hydrogens (tertiary/aromatic N) is 1. The van der Waals surface area contributed by atoms with Crippen molar-refractivity contribution in [2.24, 2.45) is 0 Å². The van der Waals surface area contributed by atoms with Crippen molar-refractivity contribution < 1.29 is 0 Å². The van der Waals surface area contributed by atoms with Gasteiger partial charge in [-0.15, -0.1) is 0 Å². The zero-order valence-electron chi connectivity index (χ0n) is 18.0. The molecular weight excluding hydrogens is 356 g/mol. The lowest BCUT2D eigenvalue weighted by Gasteiger charge is -2.33. The van der Waals surface area contributed by atoms with Gasteiger partial charge in [-0.2, -0.15) is 0 Å². The molecule has 0 saturated heterocycles. The summed E-state index contributed by atoms with van der Waals surface area (Å²) in [5.74, 6) is 0. The molecule has 0 radical (unpaired) electrons. The fourth-order valence-electron chi connectivity index (χ4n) is 3.62. The van der Waals surface area contributed by atoms with Crippen LogP contribution in [0.25, 0.3) is 11.3 Å². The largest absolute Gasteiger partial charge is 0.397 e. The van der Waals surface area contributed by atoms with Gasteiger partial charge in [0.1, 0.15) is 0 Å². The van der Waals surface area contributed by atoms with E-state index >= 15 is 0 Å². The second-order valence-electron chi connectivity index (χ2n) is 7.54. The van der Waals surface area contributed by atoms with Crippen LogP contribution >= 0.6 is 0 Å². The Morgan fingerprint density at radius 2 is 2.07 bits per heavy atom. The van der Waals surface area contributed by atoms with Gasteiger partial charge in [-0.1, -0.05) is 76.1 Å². The summed E-state index contributed by atoms with van der Waals surface area (Å²) in [4.78, 5) is 4.98. The Kier molecular flexibility index (Phi) is 7.80. The van der Waals surface area contributed by atoms with Gasteiger partial charge in [-0.25, -0.2) is 4.98 Å². The fraction of sp³-hybridized carbons (Fsp3) is 0.320. The second-order valence-corrected chi connectivity index (χ2v) is 7.54. The molecule has 0 amide bonds. The molecule has 0 spiro atoms. The van der Waals surface area contributed by atoms with E-state index in [2.05, 4.69) is 68.5 Å². The second kappa shape index (κ2) is 10.1. The van der Waals surface area contributed by atoms with Crippen LogP contribution in [-0.2, 0) is 12.0 Å². The van der Waals surface area contributed by atoms with Gasteiger partial charge >= 0.3 is 0 Å². The smallest absolute Gasteiger partial charge is 0.0936 e. The highest BCUT2D eigenvalue weighted by molar-refractivity contribution is 5.82. The van der Waals surface area contributed by atoms with Crippen molar-refractivity contribution in [3.05, 3.63) is 84.8 Å². The third kappa shape index (κ3) is 4.96. The summed E-state index contributed by atoms with van der Waals surface area (Å²) in [6, 6.07) is 0. The number of nitrogen functional groups attached to an aromatic ring is 1. The predicted octanol–water partition coefficient (Wildman–Crippen LogP) is 4.88. The quantitative estimate of drug-likeness (QED) is 0.498. The Hall–Kier alpha value is -2.85. The molecule has 4 N–H and O–H groups in total. The highest BCUT2D eigenvalue weighted by Crippen LogP contribution is 2.41. The summed E-state index contributed by atoms with van der Waals surface area (Å²) in [5, 5.41) is 6.70. The average Bonchev–Trinajstić information content (AvgIpc) is 2.71. The zero-order chi connectivity index (χ0) is 21.4. The summed E-state index contributed by atoms with van der Waals surface area (Å²) < 4.78 is 0. The monoisotopic (exact) mass is 390 g/mol. The molecule has 29 heavy (non-hydrogen) atoms. The van der Waals surface area contributed by atoms with Crippen molar-refractivity contribution in [1.29, 1.82) is 0 Å². The first kappa shape index (κ1) is 22.4. The molecule has 1 atom stereocenters. The highest BCUT2D eigenvalue weighted by atomic mass is 14.9. The summed E-state index contributed by atoms with van der Waals surface area (Å²) >= 11 is 0. The minimum Gasteiger partial charge on any atom is -0.397 e. The van der Waals surface area contributed by atoms with Gasteiger partial charge in [-0.3, -0.25) is 0 Å². The van der Waals surface area contributed by atoms with E-state index in [0.717, 1.165) is 47.5 Å². The highest BCUT2D eigenvalue weighted by Gasteiger charge is 2.33. The third-order valence-corrected chi connectivity index (χ3v) is 5.13. The van der Waals surface area contributed by atoms with Crippen LogP contribution in [0.4, 0.5) is 5.69 Å². The maximum atomic E-state index is 6.66. The number of rotatable bonds is 10. The maximum absolute atomic E-state index is 6.66. The Balaban J connectivity index is 2.79. The lowest BCUT2D eigenvalue weighted by Crippen LogP contribution is -2.29. The molecule has 0 bridgehead atoms. The molecular formula is C25H34N4. The first-order valence-electron chi connectivity index (χ1n) is 10.1. The van der Waals surface area contributed by atoms with Crippen LogP contribution in [0.2, 0.25) is 0 Å². The van der Waals surface area contributed by atoms with E-state index in [4.69, 9.17) is 10.7 Å². The van der Waals surface area contributed by atoms with Gasteiger partial charge in [0.2, 0.25) is 0 Å². The summed E-state index contributed by atoms with van der Waals surface area (Å²) in [7, 11) is 1.93. The minimum absolute atomic E-state index is 0.217. The van der Waals surface area contributed by atoms with Gasteiger partial charge in [0.15, 0.2) is 0 Å². The van der Waals surface area contributed by atoms with Crippen LogP contribution in [0.5, 0.6) is 0 Å². The van der Waals surface area contributed by atoms with E-state index in [1.165, 1.54) is 0 Å². The zero-order valence-corrected chi connectivity index (χ0v) is 18.0. The van der Waals surface area contributed by atoms with Gasteiger partial charge in [0, 0.05) is 18.5 Å². The third-order valence-electron chi connectivity index (χ3n) is 5.13. The number of hydrogen-bond donors (Lipinski definition) is 3. The van der Waals surface area contributed by atoms with E-state index < -0.39 is 0 Å². The van der Waals surface area contributed by atoms with Crippen molar-refractivity contribution in [2.45, 2.75) is 38.6 Å². The van der Waals surface area contributed by atoms with Gasteiger partial charge in [0.25, 0.3) is 0 Å². The first-order chi connectivity index (χ1) is 13.9. The Labute approximate surface area is 175 Å². The number of anilines is 1. The van der Waals surface area contributed by atoms with Crippen molar-refractivity contribution in [2.75, 3.05) is 19.3 Å². The summed E-state index contributed by atoms with van der Waals surface area (Å²) in [6.45, 7) is 18.0. The lowest BCUT2D eigenvalue weighted by molar-refractivity contribution is 0.582. The number of aromatic nitrogens is 1. The van der Waals surface area contributed by atoms with E-state index in [-0.39, 0.29) is 5.41 Å². The number of pyridine rings is 1. The molecule has 0 aromatic carbocycles. The molecule has 1 heterocycles. The Bertz CT molecular complexity index is 873. The molecule has 0 saturated carbocycles. The van der Waals surface area contributed by atoms with Crippen LogP contribution in [0.3, 0.4) is 0 Å². The van der Waals surface area contributed by atoms with Gasteiger partial charge in [-0.05, 0) is 36.6 Å². The van der Waals surface area contributed by atoms with Crippen LogP contribution in [0.1, 0.15) is 49.2 Å². The van der Waals surface area contributed by atoms with Crippen LogP contribution in [-0.4, -0.2) is 18.6 Å². The summed E-state index contributed by atoms with van der Waals surface area (Å²) in [6.07, 6.45) is 15.9. The number of nitrogens with two attached hydrogens (primary N) is 1. The molecule has 0 aliphatic heterocycles. The fourth-order valence-corrected chi connectivity index (χ4v) is 3.62. The molecule has 1 aliphatic rings. The van der Waals surface area contributed by atoms with Gasteiger partial charge in [0.05, 0.1) is 22.8 Å². The normalized spacial score (nSPS) is 18.2. The first-order valence-corrected chi connectivity index (χ1v) is 10.1. The van der Waals surface area contributed by atoms with Crippen molar-refractivity contribution in [3.63, 3.8) is 0 Å². The number of hydrogen-bond acceptors (Lipinski definition) is 4. The van der Waals surface area contributed by atoms with Crippen molar-refractivity contribution >= 4 is 17.0 Å². The molecule has 4 nitrogen and oxygen atoms in total. The van der Waals surface area contributed by atoms with Gasteiger partial charge < -0.3 is 16.4 Å². The Morgan fingerprint density at radius 1 is 1.31 bits per heavy atom. The molecule has 0 fully saturated rings. The minimum atomic E-state index is -0.217. The number of nitrogens with one attached hydrogen (secondary N) is 2. The molecule has 1 aliphatic carbocycles. The lowest BCUT2D eigenvalue weighted by atomic mass is 9.73. The standard InChI is InChI=1S/C25H34N4/c1-7-9-13-18(3)23-22(26)20(17-27-6)21(25(5)14-11-10-12-15-25)24(29-23)19(4)28-16-8-2/h7,9-14,27-28H,1,3-4,8,15-17,26H2,2,5-6H3/b13-9-. The molecule has 4 heteroatoms. The number of allylic oxidation sites excluding steroid dienone is 8. The molecule has 1 unspecified atom stereocenters. The van der Waals surface area contributed by atoms with Crippen LogP contribution < -0.4 is 16.4 Å². The van der Waals surface area contributed by atoms with Crippen molar-refractivity contribution in [1.82, 2.24) is 15.6 Å². The molecule has 1 aromatic heterocycles. The van der Waals surface area contributed by atoms with Crippen molar-refractivity contribution in [3.8, 4) is 0 Å². The topological polar surface area (TPSA) is 63.0 Å². The summed E-state index contributed by atoms with van der Waals surface area (Å²) in [5.41, 5.74) is 12.4. The maximum Gasteiger partial charge on any atom is 0.0936 e. The van der Waals surface area contributed by atoms with Crippen LogP contribution in [0, 0.1) is 0 Å². The molecule has 1 aromatic rings. The van der Waals surface area contributed by atoms with Crippen LogP contribution in [0.15, 0.2) is 62.3 Å². The van der Waals surface area contributed by atoms with E-state index in [1.807, 2.05) is 19.2 Å². The average molecular weight is 391 g/mol. The van der Waals surface area contributed by atoms with E-state index in [9.17, 15) is 0 Å². The molecule has 2 rings (SSSR count). The Morgan fingerprint density at radius 3 is 2.66 bits per heavy atom. The molecule has 154 valence electrons. The SMILES string of the molecule is C=C/C=C\C(=C)c1nc(C(=C)NCCC)c(C2(C)C=CC=CC2)c(CNC)c1N. The van der Waals surface area contributed by atoms with E-state index in [0.29, 0.717) is 17.9 Å². The predicted molar refractivity (Wildman–Crippen MR) is 127 cm³/mol.